The Morgan fingerprint density at radius 2 is 1.94 bits per heavy atom. The number of hydrogen-bond donors (Lipinski definition) is 1. The molecular formula is C23H22N4O5. The molecule has 1 aliphatic heterocycles. The predicted molar refractivity (Wildman–Crippen MR) is 113 cm³/mol. The molecule has 1 atom stereocenters. The summed E-state index contributed by atoms with van der Waals surface area (Å²) in [6.07, 6.45) is 1.77. The van der Waals surface area contributed by atoms with Gasteiger partial charge in [-0.25, -0.2) is 4.79 Å². The molecule has 3 aromatic rings. The van der Waals surface area contributed by atoms with Crippen molar-refractivity contribution in [2.75, 3.05) is 14.2 Å². The number of imide groups is 1. The van der Waals surface area contributed by atoms with Crippen LogP contribution in [0.2, 0.25) is 0 Å². The highest BCUT2D eigenvalue weighted by atomic mass is 16.5. The zero-order chi connectivity index (χ0) is 22.3. The number of aryl methyl sites for hydroxylation is 1. The highest BCUT2D eigenvalue weighted by Crippen LogP contribution is 2.35. The maximum absolute atomic E-state index is 13.3. The molecule has 5 rings (SSSR count). The van der Waals surface area contributed by atoms with Crippen LogP contribution >= 0.6 is 0 Å². The molecule has 0 bridgehead atoms. The topological polar surface area (TPSA) is 107 Å². The lowest BCUT2D eigenvalue weighted by atomic mass is 9.78. The van der Waals surface area contributed by atoms with Crippen molar-refractivity contribution in [2.45, 2.75) is 31.3 Å². The zero-order valence-corrected chi connectivity index (χ0v) is 17.8. The van der Waals surface area contributed by atoms with Gasteiger partial charge in [0.2, 0.25) is 11.7 Å². The van der Waals surface area contributed by atoms with Crippen molar-refractivity contribution in [1.29, 1.82) is 0 Å². The van der Waals surface area contributed by atoms with Crippen molar-refractivity contribution in [1.82, 2.24) is 20.4 Å². The van der Waals surface area contributed by atoms with Crippen molar-refractivity contribution >= 4 is 11.9 Å². The molecule has 3 amide bonds. The summed E-state index contributed by atoms with van der Waals surface area (Å²) < 4.78 is 15.9. The average Bonchev–Trinajstić information content (AvgIpc) is 3.37. The Morgan fingerprint density at radius 3 is 2.72 bits per heavy atom. The number of methoxy groups -OCH3 is 2. The zero-order valence-electron chi connectivity index (χ0n) is 17.8. The van der Waals surface area contributed by atoms with E-state index in [2.05, 4.69) is 21.5 Å². The van der Waals surface area contributed by atoms with Crippen LogP contribution in [0.5, 0.6) is 11.5 Å². The van der Waals surface area contributed by atoms with Crippen molar-refractivity contribution in [2.24, 2.45) is 0 Å². The summed E-state index contributed by atoms with van der Waals surface area (Å²) >= 11 is 0. The number of hydrogen-bond acceptors (Lipinski definition) is 7. The van der Waals surface area contributed by atoms with Gasteiger partial charge in [-0.3, -0.25) is 9.69 Å². The highest BCUT2D eigenvalue weighted by Gasteiger charge is 2.52. The number of aromatic nitrogens is 2. The molecule has 1 saturated heterocycles. The number of ether oxygens (including phenoxy) is 2. The fraction of sp³-hybridized carbons (Fsp3) is 0.304. The van der Waals surface area contributed by atoms with Gasteiger partial charge in [-0.05, 0) is 36.1 Å². The van der Waals surface area contributed by atoms with E-state index in [1.54, 1.807) is 25.3 Å². The standard InChI is InChI=1S/C23H22N4O5/c1-30-16-7-8-17(18(11-16)31-2)20-24-19(32-26-20)13-27-21(28)23(25-22(27)29)10-9-14-5-3-4-6-15(14)12-23/h3-8,11H,9-10,12-13H2,1-2H3,(H,25,29). The predicted octanol–water partition coefficient (Wildman–Crippen LogP) is 2.73. The van der Waals surface area contributed by atoms with Crippen molar-refractivity contribution in [3.8, 4) is 22.9 Å². The number of benzene rings is 2. The molecular weight excluding hydrogens is 412 g/mol. The van der Waals surface area contributed by atoms with Gasteiger partial charge in [0, 0.05) is 12.5 Å². The maximum atomic E-state index is 13.3. The second-order valence-corrected chi connectivity index (χ2v) is 7.93. The molecule has 32 heavy (non-hydrogen) atoms. The van der Waals surface area contributed by atoms with Gasteiger partial charge >= 0.3 is 6.03 Å². The summed E-state index contributed by atoms with van der Waals surface area (Å²) in [5.74, 6) is 1.35. The summed E-state index contributed by atoms with van der Waals surface area (Å²) in [5, 5.41) is 6.91. The number of carbonyl (C=O) groups excluding carboxylic acids is 2. The minimum atomic E-state index is -0.923. The second kappa shape index (κ2) is 7.67. The van der Waals surface area contributed by atoms with Crippen LogP contribution in [0.15, 0.2) is 47.0 Å². The van der Waals surface area contributed by atoms with Crippen LogP contribution in [-0.2, 0) is 24.2 Å². The van der Waals surface area contributed by atoms with Crippen LogP contribution < -0.4 is 14.8 Å². The first-order valence-corrected chi connectivity index (χ1v) is 10.3. The molecule has 1 N–H and O–H groups in total. The van der Waals surface area contributed by atoms with E-state index in [4.69, 9.17) is 14.0 Å². The minimum Gasteiger partial charge on any atom is -0.497 e. The maximum Gasteiger partial charge on any atom is 0.325 e. The molecule has 1 unspecified atom stereocenters. The Hall–Kier alpha value is -3.88. The van der Waals surface area contributed by atoms with E-state index in [1.165, 1.54) is 12.7 Å². The normalized spacial score (nSPS) is 19.8. The van der Waals surface area contributed by atoms with Crippen LogP contribution in [0.4, 0.5) is 4.79 Å². The van der Waals surface area contributed by atoms with E-state index in [1.807, 2.05) is 18.2 Å². The van der Waals surface area contributed by atoms with Gasteiger partial charge in [0.25, 0.3) is 5.91 Å². The van der Waals surface area contributed by atoms with Crippen LogP contribution in [0, 0.1) is 0 Å². The molecule has 164 valence electrons. The Kier molecular flexibility index (Phi) is 4.80. The van der Waals surface area contributed by atoms with Crippen molar-refractivity contribution < 1.29 is 23.6 Å². The molecule has 1 spiro atoms. The van der Waals surface area contributed by atoms with Gasteiger partial charge in [0.1, 0.15) is 23.6 Å². The van der Waals surface area contributed by atoms with Gasteiger partial charge in [-0.15, -0.1) is 0 Å². The molecule has 1 fully saturated rings. The average molecular weight is 434 g/mol. The third kappa shape index (κ3) is 3.26. The first kappa shape index (κ1) is 20.0. The molecule has 2 aliphatic rings. The largest absolute Gasteiger partial charge is 0.497 e. The third-order valence-electron chi connectivity index (χ3n) is 6.09. The fourth-order valence-electron chi connectivity index (χ4n) is 4.39. The van der Waals surface area contributed by atoms with Gasteiger partial charge in [0.05, 0.1) is 19.8 Å². The summed E-state index contributed by atoms with van der Waals surface area (Å²) in [6.45, 7) is -0.0977. The molecule has 1 aliphatic carbocycles. The number of fused-ring (bicyclic) bond motifs is 1. The third-order valence-corrected chi connectivity index (χ3v) is 6.09. The molecule has 9 heteroatoms. The molecule has 0 saturated carbocycles. The Bertz CT molecular complexity index is 1210. The molecule has 2 heterocycles. The van der Waals surface area contributed by atoms with Crippen molar-refractivity contribution in [3.63, 3.8) is 0 Å². The van der Waals surface area contributed by atoms with E-state index in [9.17, 15) is 9.59 Å². The fourth-order valence-corrected chi connectivity index (χ4v) is 4.39. The smallest absolute Gasteiger partial charge is 0.325 e. The van der Waals surface area contributed by atoms with E-state index in [0.29, 0.717) is 35.7 Å². The summed E-state index contributed by atoms with van der Waals surface area (Å²) in [4.78, 5) is 31.5. The summed E-state index contributed by atoms with van der Waals surface area (Å²) in [5.41, 5.74) is 1.99. The van der Waals surface area contributed by atoms with E-state index < -0.39 is 11.6 Å². The number of nitrogens with one attached hydrogen (secondary N) is 1. The molecule has 2 aromatic carbocycles. The molecule has 0 radical (unpaired) electrons. The number of amides is 3. The van der Waals surface area contributed by atoms with Gasteiger partial charge in [-0.1, -0.05) is 29.4 Å². The number of urea groups is 1. The second-order valence-electron chi connectivity index (χ2n) is 7.93. The van der Waals surface area contributed by atoms with Crippen LogP contribution in [-0.4, -0.2) is 46.7 Å². The number of rotatable bonds is 5. The van der Waals surface area contributed by atoms with Gasteiger partial charge < -0.3 is 19.3 Å². The van der Waals surface area contributed by atoms with Crippen molar-refractivity contribution in [3.05, 3.63) is 59.5 Å². The first-order valence-electron chi connectivity index (χ1n) is 10.3. The van der Waals surface area contributed by atoms with E-state index in [-0.39, 0.29) is 18.3 Å². The highest BCUT2D eigenvalue weighted by molar-refractivity contribution is 6.07. The SMILES string of the molecule is COc1ccc(-c2noc(CN3C(=O)NC4(CCc5ccccc5C4)C3=O)n2)c(OC)c1. The van der Waals surface area contributed by atoms with Gasteiger partial charge in [0.15, 0.2) is 0 Å². The molecule has 1 aromatic heterocycles. The van der Waals surface area contributed by atoms with Crippen LogP contribution in [0.1, 0.15) is 23.4 Å². The number of nitrogens with zero attached hydrogens (tertiary/aromatic N) is 3. The Labute approximate surface area is 184 Å². The lowest BCUT2D eigenvalue weighted by molar-refractivity contribution is -0.132. The lowest BCUT2D eigenvalue weighted by Gasteiger charge is -2.32. The Balaban J connectivity index is 1.36. The molecule has 9 nitrogen and oxygen atoms in total. The van der Waals surface area contributed by atoms with E-state index in [0.717, 1.165) is 16.9 Å². The minimum absolute atomic E-state index is 0.0977. The first-order chi connectivity index (χ1) is 15.5. The Morgan fingerprint density at radius 1 is 1.12 bits per heavy atom. The van der Waals surface area contributed by atoms with Crippen LogP contribution in [0.25, 0.3) is 11.4 Å². The summed E-state index contributed by atoms with van der Waals surface area (Å²) in [6, 6.07) is 12.8. The monoisotopic (exact) mass is 434 g/mol. The quantitative estimate of drug-likeness (QED) is 0.615. The van der Waals surface area contributed by atoms with Crippen LogP contribution in [0.3, 0.4) is 0 Å². The summed E-state index contributed by atoms with van der Waals surface area (Å²) in [7, 11) is 3.10. The van der Waals surface area contributed by atoms with E-state index >= 15 is 0 Å². The van der Waals surface area contributed by atoms with Gasteiger partial charge in [-0.2, -0.15) is 4.98 Å². The lowest BCUT2D eigenvalue weighted by Crippen LogP contribution is -2.51. The number of carbonyl (C=O) groups is 2.